The highest BCUT2D eigenvalue weighted by molar-refractivity contribution is 5.95. The molecule has 0 aliphatic carbocycles. The van der Waals surface area contributed by atoms with Gasteiger partial charge in [-0.1, -0.05) is 0 Å². The van der Waals surface area contributed by atoms with Gasteiger partial charge in [-0.25, -0.2) is 9.97 Å². The van der Waals surface area contributed by atoms with Gasteiger partial charge in [-0.15, -0.1) is 0 Å². The average Bonchev–Trinajstić information content (AvgIpc) is 2.46. The molecule has 0 aliphatic rings. The second-order valence-electron chi connectivity index (χ2n) is 4.17. The third-order valence-corrected chi connectivity index (χ3v) is 2.52. The molecule has 0 atom stereocenters. The number of rotatable bonds is 4. The highest BCUT2D eigenvalue weighted by Gasteiger charge is 2.10. The summed E-state index contributed by atoms with van der Waals surface area (Å²) in [4.78, 5) is 25.5. The quantitative estimate of drug-likeness (QED) is 0.686. The minimum absolute atomic E-state index is 0.309. The van der Waals surface area contributed by atoms with Crippen LogP contribution in [0.4, 0.5) is 17.3 Å². The maximum absolute atomic E-state index is 11.9. The molecule has 0 saturated carbocycles. The number of nitrogens with two attached hydrogens (primary N) is 1. The zero-order valence-corrected chi connectivity index (χ0v) is 11.2. The summed E-state index contributed by atoms with van der Waals surface area (Å²) in [5.41, 5.74) is 12.0. The van der Waals surface area contributed by atoms with Gasteiger partial charge in [0.15, 0.2) is 11.6 Å². The number of nitrogens with zero attached hydrogens (tertiary/aromatic N) is 4. The molecule has 4 N–H and O–H groups in total. The molecule has 1 amide bonds. The van der Waals surface area contributed by atoms with Gasteiger partial charge in [-0.2, -0.15) is 0 Å². The summed E-state index contributed by atoms with van der Waals surface area (Å²) < 4.78 is 0. The fraction of sp³-hybridized carbons (Fsp3) is 0.167. The second-order valence-corrected chi connectivity index (χ2v) is 4.17. The predicted octanol–water partition coefficient (Wildman–Crippen LogP) is 0.277. The van der Waals surface area contributed by atoms with E-state index >= 15 is 0 Å². The van der Waals surface area contributed by atoms with Crippen LogP contribution in [0.25, 0.3) is 0 Å². The molecular weight excluding hydrogens is 258 g/mol. The molecule has 0 bridgehead atoms. The molecule has 0 fully saturated rings. The summed E-state index contributed by atoms with van der Waals surface area (Å²) in [6, 6.07) is 3.21. The first-order valence-electron chi connectivity index (χ1n) is 5.83. The van der Waals surface area contributed by atoms with Crippen molar-refractivity contribution in [1.82, 2.24) is 20.4 Å². The first-order chi connectivity index (χ1) is 9.59. The number of aromatic nitrogens is 3. The van der Waals surface area contributed by atoms with Crippen molar-refractivity contribution < 1.29 is 4.79 Å². The number of anilines is 3. The van der Waals surface area contributed by atoms with Gasteiger partial charge in [0.25, 0.3) is 5.91 Å². The highest BCUT2D eigenvalue weighted by atomic mass is 16.2. The fourth-order valence-corrected chi connectivity index (χ4v) is 1.53. The average molecular weight is 273 g/mol. The summed E-state index contributed by atoms with van der Waals surface area (Å²) in [5, 5.41) is 0. The Morgan fingerprint density at radius 3 is 2.60 bits per heavy atom. The Morgan fingerprint density at radius 2 is 1.95 bits per heavy atom. The highest BCUT2D eigenvalue weighted by Crippen LogP contribution is 2.23. The number of carbonyl (C=O) groups excluding carboxylic acids is 1. The maximum atomic E-state index is 11.9. The van der Waals surface area contributed by atoms with Crippen LogP contribution >= 0.6 is 0 Å². The van der Waals surface area contributed by atoms with Gasteiger partial charge in [0.05, 0.1) is 0 Å². The SMILES string of the molecule is CN(C)c1ncnc(NNC(=O)c2ccncc2)c1N. The largest absolute Gasteiger partial charge is 0.393 e. The number of amides is 1. The van der Waals surface area contributed by atoms with Crippen LogP contribution in [0.5, 0.6) is 0 Å². The zero-order chi connectivity index (χ0) is 14.5. The minimum Gasteiger partial charge on any atom is -0.393 e. The lowest BCUT2D eigenvalue weighted by molar-refractivity contribution is 0.0962. The van der Waals surface area contributed by atoms with Crippen LogP contribution in [-0.2, 0) is 0 Å². The fourth-order valence-electron chi connectivity index (χ4n) is 1.53. The number of hydrogen-bond acceptors (Lipinski definition) is 7. The molecule has 0 spiro atoms. The predicted molar refractivity (Wildman–Crippen MR) is 76.1 cm³/mol. The molecule has 0 saturated heterocycles. The first kappa shape index (κ1) is 13.5. The maximum Gasteiger partial charge on any atom is 0.269 e. The molecule has 0 aliphatic heterocycles. The number of hydrazine groups is 1. The van der Waals surface area contributed by atoms with Crippen LogP contribution in [-0.4, -0.2) is 35.0 Å². The van der Waals surface area contributed by atoms with E-state index in [1.165, 1.54) is 18.7 Å². The van der Waals surface area contributed by atoms with Gasteiger partial charge in [0, 0.05) is 32.1 Å². The lowest BCUT2D eigenvalue weighted by Crippen LogP contribution is -2.30. The molecule has 104 valence electrons. The van der Waals surface area contributed by atoms with Crippen LogP contribution in [0.2, 0.25) is 0 Å². The van der Waals surface area contributed by atoms with Gasteiger partial charge >= 0.3 is 0 Å². The number of nitrogen functional groups attached to an aromatic ring is 1. The van der Waals surface area contributed by atoms with Crippen molar-refractivity contribution >= 4 is 23.2 Å². The molecular formula is C12H15N7O. The third-order valence-electron chi connectivity index (χ3n) is 2.52. The normalized spacial score (nSPS) is 9.90. The Balaban J connectivity index is 2.08. The standard InChI is InChI=1S/C12H15N7O/c1-19(2)11-9(13)10(15-7-16-11)17-18-12(20)8-3-5-14-6-4-8/h3-7H,13H2,1-2H3,(H,18,20)(H,15,16,17). The van der Waals surface area contributed by atoms with Crippen molar-refractivity contribution in [2.45, 2.75) is 0 Å². The first-order valence-corrected chi connectivity index (χ1v) is 5.83. The van der Waals surface area contributed by atoms with Gasteiger partial charge in [-0.05, 0) is 12.1 Å². The van der Waals surface area contributed by atoms with Gasteiger partial charge in [0.2, 0.25) is 0 Å². The van der Waals surface area contributed by atoms with Gasteiger partial charge in [0.1, 0.15) is 12.0 Å². The Kier molecular flexibility index (Phi) is 3.94. The molecule has 8 heteroatoms. The van der Waals surface area contributed by atoms with Crippen LogP contribution in [0.1, 0.15) is 10.4 Å². The molecule has 0 aromatic carbocycles. The minimum atomic E-state index is -0.309. The smallest absolute Gasteiger partial charge is 0.269 e. The van der Waals surface area contributed by atoms with Crippen molar-refractivity contribution in [3.05, 3.63) is 36.4 Å². The van der Waals surface area contributed by atoms with E-state index in [0.717, 1.165) is 0 Å². The van der Waals surface area contributed by atoms with Crippen LogP contribution in [0.15, 0.2) is 30.9 Å². The van der Waals surface area contributed by atoms with Crippen molar-refractivity contribution in [2.75, 3.05) is 30.2 Å². The van der Waals surface area contributed by atoms with Crippen LogP contribution in [0, 0.1) is 0 Å². The number of carbonyl (C=O) groups is 1. The van der Waals surface area contributed by atoms with Crippen molar-refractivity contribution in [3.63, 3.8) is 0 Å². The summed E-state index contributed by atoms with van der Waals surface area (Å²) in [6.07, 6.45) is 4.45. The third kappa shape index (κ3) is 2.91. The van der Waals surface area contributed by atoms with Gasteiger partial charge in [-0.3, -0.25) is 20.6 Å². The summed E-state index contributed by atoms with van der Waals surface area (Å²) in [6.45, 7) is 0. The number of pyridine rings is 1. The van der Waals surface area contributed by atoms with Gasteiger partial charge < -0.3 is 10.6 Å². The summed E-state index contributed by atoms with van der Waals surface area (Å²) in [5.74, 6) is 0.601. The zero-order valence-electron chi connectivity index (χ0n) is 11.2. The monoisotopic (exact) mass is 273 g/mol. The van der Waals surface area contributed by atoms with Crippen LogP contribution in [0.3, 0.4) is 0 Å². The lowest BCUT2D eigenvalue weighted by atomic mass is 10.3. The van der Waals surface area contributed by atoms with Crippen molar-refractivity contribution in [2.24, 2.45) is 0 Å². The Labute approximate surface area is 116 Å². The molecule has 20 heavy (non-hydrogen) atoms. The van der Waals surface area contributed by atoms with E-state index in [1.807, 2.05) is 14.1 Å². The summed E-state index contributed by atoms with van der Waals surface area (Å²) in [7, 11) is 3.63. The molecule has 8 nitrogen and oxygen atoms in total. The van der Waals surface area contributed by atoms with E-state index in [-0.39, 0.29) is 5.91 Å². The van der Waals surface area contributed by atoms with Crippen molar-refractivity contribution in [1.29, 1.82) is 0 Å². The Bertz CT molecular complexity index is 600. The number of hydrogen-bond donors (Lipinski definition) is 3. The van der Waals surface area contributed by atoms with Crippen molar-refractivity contribution in [3.8, 4) is 0 Å². The lowest BCUT2D eigenvalue weighted by Gasteiger charge is -2.16. The summed E-state index contributed by atoms with van der Waals surface area (Å²) >= 11 is 0. The Hall–Kier alpha value is -2.90. The number of nitrogens with one attached hydrogen (secondary N) is 2. The van der Waals surface area contributed by atoms with E-state index in [4.69, 9.17) is 5.73 Å². The Morgan fingerprint density at radius 1 is 1.25 bits per heavy atom. The molecule has 2 aromatic heterocycles. The molecule has 2 heterocycles. The van der Waals surface area contributed by atoms with E-state index in [9.17, 15) is 4.79 Å². The van der Waals surface area contributed by atoms with E-state index in [0.29, 0.717) is 22.9 Å². The van der Waals surface area contributed by atoms with Crippen LogP contribution < -0.4 is 21.5 Å². The van der Waals surface area contributed by atoms with E-state index in [1.54, 1.807) is 17.0 Å². The molecule has 2 rings (SSSR count). The second kappa shape index (κ2) is 5.83. The van der Waals surface area contributed by atoms with E-state index in [2.05, 4.69) is 25.8 Å². The molecule has 0 radical (unpaired) electrons. The molecule has 2 aromatic rings. The molecule has 0 unspecified atom stereocenters. The topological polar surface area (TPSA) is 109 Å². The van der Waals surface area contributed by atoms with E-state index < -0.39 is 0 Å².